The second-order valence-corrected chi connectivity index (χ2v) is 3.98. The van der Waals surface area contributed by atoms with Crippen LogP contribution in [0.5, 0.6) is 5.75 Å². The first-order valence-electron chi connectivity index (χ1n) is 5.17. The number of ketones is 1. The fraction of sp³-hybridized carbons (Fsp3) is 0.417. The molecule has 1 unspecified atom stereocenters. The average Bonchev–Trinajstić information content (AvgIpc) is 2.62. The van der Waals surface area contributed by atoms with Gasteiger partial charge in [0, 0.05) is 18.9 Å². The van der Waals surface area contributed by atoms with Gasteiger partial charge in [0.1, 0.15) is 11.5 Å². The molecule has 1 atom stereocenters. The molecule has 80 valence electrons. The third-order valence-corrected chi connectivity index (χ3v) is 2.65. The van der Waals surface area contributed by atoms with Crippen molar-refractivity contribution in [1.82, 2.24) is 0 Å². The van der Waals surface area contributed by atoms with Gasteiger partial charge >= 0.3 is 0 Å². The first-order valence-corrected chi connectivity index (χ1v) is 5.17. The minimum Gasteiger partial charge on any atom is -0.493 e. The number of ether oxygens (including phenoxy) is 1. The Morgan fingerprint density at radius 1 is 1.60 bits per heavy atom. The first kappa shape index (κ1) is 10.2. The van der Waals surface area contributed by atoms with E-state index in [0.29, 0.717) is 6.42 Å². The number of carbonyl (C=O) groups is 1. The van der Waals surface area contributed by atoms with Crippen LogP contribution in [0, 0.1) is 0 Å². The van der Waals surface area contributed by atoms with Gasteiger partial charge in [-0.3, -0.25) is 4.79 Å². The molecule has 1 aromatic rings. The highest BCUT2D eigenvalue weighted by Crippen LogP contribution is 2.28. The molecule has 0 spiro atoms. The number of rotatable bonds is 3. The number of Topliss-reactive ketones (excluding diaryl/α,β-unsaturated/α-hetero) is 1. The summed E-state index contributed by atoms with van der Waals surface area (Å²) in [5.74, 6) is 1.08. The molecule has 0 saturated carbocycles. The van der Waals surface area contributed by atoms with E-state index in [1.807, 2.05) is 12.1 Å². The standard InChI is InChI=1S/C12H15NO2/c1-8(14)6-11(13)9-2-3-12-10(7-9)4-5-15-12/h2-3,7,11H,4-6,13H2,1H3. The highest BCUT2D eigenvalue weighted by molar-refractivity contribution is 5.76. The van der Waals surface area contributed by atoms with Crippen LogP contribution in [0.3, 0.4) is 0 Å². The van der Waals surface area contributed by atoms with E-state index in [1.165, 1.54) is 5.56 Å². The van der Waals surface area contributed by atoms with Gasteiger partial charge in [0.2, 0.25) is 0 Å². The molecular formula is C12H15NO2. The lowest BCUT2D eigenvalue weighted by molar-refractivity contribution is -0.117. The van der Waals surface area contributed by atoms with Crippen molar-refractivity contribution in [2.75, 3.05) is 6.61 Å². The van der Waals surface area contributed by atoms with Gasteiger partial charge in [0.15, 0.2) is 0 Å². The van der Waals surface area contributed by atoms with E-state index >= 15 is 0 Å². The van der Waals surface area contributed by atoms with Crippen molar-refractivity contribution in [1.29, 1.82) is 0 Å². The van der Waals surface area contributed by atoms with Crippen molar-refractivity contribution in [2.24, 2.45) is 5.73 Å². The van der Waals surface area contributed by atoms with Crippen LogP contribution in [0.1, 0.15) is 30.5 Å². The Kier molecular flexibility index (Phi) is 2.73. The zero-order valence-electron chi connectivity index (χ0n) is 8.82. The fourth-order valence-corrected chi connectivity index (χ4v) is 1.86. The van der Waals surface area contributed by atoms with Crippen LogP contribution in [0.2, 0.25) is 0 Å². The van der Waals surface area contributed by atoms with Gasteiger partial charge in [-0.15, -0.1) is 0 Å². The lowest BCUT2D eigenvalue weighted by atomic mass is 10.00. The Morgan fingerprint density at radius 3 is 3.13 bits per heavy atom. The summed E-state index contributed by atoms with van der Waals surface area (Å²) in [6, 6.07) is 5.75. The van der Waals surface area contributed by atoms with Crippen LogP contribution in [-0.4, -0.2) is 12.4 Å². The number of nitrogens with two attached hydrogens (primary N) is 1. The molecule has 1 aliphatic heterocycles. The molecular weight excluding hydrogens is 190 g/mol. The highest BCUT2D eigenvalue weighted by Gasteiger charge is 2.15. The number of fused-ring (bicyclic) bond motifs is 1. The Labute approximate surface area is 89.2 Å². The maximum atomic E-state index is 11.0. The summed E-state index contributed by atoms with van der Waals surface area (Å²) in [4.78, 5) is 11.0. The lowest BCUT2D eigenvalue weighted by Gasteiger charge is -2.11. The van der Waals surface area contributed by atoms with Crippen molar-refractivity contribution >= 4 is 5.78 Å². The van der Waals surface area contributed by atoms with Gasteiger partial charge in [-0.2, -0.15) is 0 Å². The van der Waals surface area contributed by atoms with Gasteiger partial charge in [-0.25, -0.2) is 0 Å². The lowest BCUT2D eigenvalue weighted by Crippen LogP contribution is -2.13. The van der Waals surface area contributed by atoms with Crippen molar-refractivity contribution in [2.45, 2.75) is 25.8 Å². The van der Waals surface area contributed by atoms with Crippen molar-refractivity contribution < 1.29 is 9.53 Å². The second kappa shape index (κ2) is 4.03. The van der Waals surface area contributed by atoms with Gasteiger partial charge in [-0.1, -0.05) is 12.1 Å². The van der Waals surface area contributed by atoms with Crippen LogP contribution in [-0.2, 0) is 11.2 Å². The van der Waals surface area contributed by atoms with E-state index in [-0.39, 0.29) is 11.8 Å². The minimum absolute atomic E-state index is 0.124. The number of benzene rings is 1. The summed E-state index contributed by atoms with van der Waals surface area (Å²) in [5, 5.41) is 0. The molecule has 0 aromatic heterocycles. The van der Waals surface area contributed by atoms with E-state index in [0.717, 1.165) is 24.3 Å². The Hall–Kier alpha value is -1.35. The summed E-state index contributed by atoms with van der Waals surface area (Å²) in [5.41, 5.74) is 8.15. The normalized spacial score (nSPS) is 15.6. The Balaban J connectivity index is 2.19. The monoisotopic (exact) mass is 205 g/mol. The summed E-state index contributed by atoms with van der Waals surface area (Å²) in [6.45, 7) is 2.32. The number of hydrogen-bond donors (Lipinski definition) is 1. The van der Waals surface area contributed by atoms with Gasteiger partial charge in [0.25, 0.3) is 0 Å². The van der Waals surface area contributed by atoms with Crippen LogP contribution >= 0.6 is 0 Å². The molecule has 0 fully saturated rings. The van der Waals surface area contributed by atoms with E-state index in [9.17, 15) is 4.79 Å². The zero-order valence-corrected chi connectivity index (χ0v) is 8.82. The molecule has 1 heterocycles. The largest absolute Gasteiger partial charge is 0.493 e. The molecule has 1 aliphatic rings. The molecule has 0 bridgehead atoms. The van der Waals surface area contributed by atoms with Crippen LogP contribution < -0.4 is 10.5 Å². The average molecular weight is 205 g/mol. The maximum Gasteiger partial charge on any atom is 0.131 e. The quantitative estimate of drug-likeness (QED) is 0.815. The molecule has 0 amide bonds. The Bertz CT molecular complexity index is 387. The van der Waals surface area contributed by atoms with Gasteiger partial charge < -0.3 is 10.5 Å². The summed E-state index contributed by atoms with van der Waals surface area (Å²) < 4.78 is 5.41. The molecule has 3 nitrogen and oxygen atoms in total. The minimum atomic E-state index is -0.187. The van der Waals surface area contributed by atoms with Crippen molar-refractivity contribution in [3.05, 3.63) is 29.3 Å². The molecule has 1 aromatic carbocycles. The molecule has 0 aliphatic carbocycles. The van der Waals surface area contributed by atoms with E-state index in [4.69, 9.17) is 10.5 Å². The fourth-order valence-electron chi connectivity index (χ4n) is 1.86. The number of hydrogen-bond acceptors (Lipinski definition) is 3. The molecule has 0 radical (unpaired) electrons. The third kappa shape index (κ3) is 2.18. The van der Waals surface area contributed by atoms with E-state index < -0.39 is 0 Å². The molecule has 2 N–H and O–H groups in total. The third-order valence-electron chi connectivity index (χ3n) is 2.65. The number of carbonyl (C=O) groups excluding carboxylic acids is 1. The van der Waals surface area contributed by atoms with Crippen LogP contribution in [0.4, 0.5) is 0 Å². The predicted octanol–water partition coefficient (Wildman–Crippen LogP) is 1.60. The van der Waals surface area contributed by atoms with Crippen molar-refractivity contribution in [3.8, 4) is 5.75 Å². The molecule has 0 saturated heterocycles. The van der Waals surface area contributed by atoms with E-state index in [2.05, 4.69) is 6.07 Å². The summed E-state index contributed by atoms with van der Waals surface area (Å²) >= 11 is 0. The van der Waals surface area contributed by atoms with Crippen molar-refractivity contribution in [3.63, 3.8) is 0 Å². The maximum absolute atomic E-state index is 11.0. The topological polar surface area (TPSA) is 52.3 Å². The first-order chi connectivity index (χ1) is 7.16. The highest BCUT2D eigenvalue weighted by atomic mass is 16.5. The zero-order chi connectivity index (χ0) is 10.8. The van der Waals surface area contributed by atoms with E-state index in [1.54, 1.807) is 6.92 Å². The molecule has 3 heteroatoms. The molecule has 15 heavy (non-hydrogen) atoms. The second-order valence-electron chi connectivity index (χ2n) is 3.98. The van der Waals surface area contributed by atoms with Gasteiger partial charge in [-0.05, 0) is 24.1 Å². The summed E-state index contributed by atoms with van der Waals surface area (Å²) in [7, 11) is 0. The molecule has 2 rings (SSSR count). The predicted molar refractivity (Wildman–Crippen MR) is 57.9 cm³/mol. The van der Waals surface area contributed by atoms with Crippen LogP contribution in [0.25, 0.3) is 0 Å². The Morgan fingerprint density at radius 2 is 2.40 bits per heavy atom. The smallest absolute Gasteiger partial charge is 0.131 e. The SMILES string of the molecule is CC(=O)CC(N)c1ccc2c(c1)CCO2. The summed E-state index contributed by atoms with van der Waals surface area (Å²) in [6.07, 6.45) is 1.34. The van der Waals surface area contributed by atoms with Gasteiger partial charge in [0.05, 0.1) is 6.61 Å². The van der Waals surface area contributed by atoms with Crippen LogP contribution in [0.15, 0.2) is 18.2 Å².